The van der Waals surface area contributed by atoms with Gasteiger partial charge in [-0.15, -0.1) is 11.3 Å². The minimum atomic E-state index is -0.505. The number of carbonyl (C=O) groups is 3. The number of carbonyl (C=O) groups excluding carboxylic acids is 3. The van der Waals surface area contributed by atoms with E-state index >= 15 is 0 Å². The van der Waals surface area contributed by atoms with E-state index < -0.39 is 17.7 Å². The number of hydrogen-bond acceptors (Lipinski definition) is 5. The second-order valence-corrected chi connectivity index (χ2v) is 11.1. The average Bonchev–Trinajstić information content (AvgIpc) is 3.20. The van der Waals surface area contributed by atoms with Gasteiger partial charge in [0.2, 0.25) is 0 Å². The summed E-state index contributed by atoms with van der Waals surface area (Å²) < 4.78 is 18.4. The van der Waals surface area contributed by atoms with Gasteiger partial charge >= 0.3 is 5.97 Å². The molecule has 0 unspecified atom stereocenters. The normalized spacial score (nSPS) is 15.1. The highest BCUT2D eigenvalue weighted by Gasteiger charge is 2.34. The van der Waals surface area contributed by atoms with Crippen LogP contribution in [-0.4, -0.2) is 24.9 Å². The number of nitrogens with one attached hydrogen (secondary N) is 2. The summed E-state index contributed by atoms with van der Waals surface area (Å²) >= 11 is 1.41. The third kappa shape index (κ3) is 5.49. The molecule has 3 aromatic rings. The van der Waals surface area contributed by atoms with Crippen LogP contribution >= 0.6 is 11.3 Å². The molecule has 2 N–H and O–H groups in total. The first-order valence-corrected chi connectivity index (χ1v) is 12.6. The number of hydrogen-bond donors (Lipinski definition) is 2. The summed E-state index contributed by atoms with van der Waals surface area (Å²) in [5.74, 6) is -1.33. The molecule has 0 saturated carbocycles. The van der Waals surface area contributed by atoms with Gasteiger partial charge in [0.25, 0.3) is 11.8 Å². The molecule has 0 aliphatic heterocycles. The van der Waals surface area contributed by atoms with Crippen LogP contribution in [0, 0.1) is 17.2 Å². The van der Waals surface area contributed by atoms with Crippen molar-refractivity contribution in [3.05, 3.63) is 81.5 Å². The van der Waals surface area contributed by atoms with Crippen molar-refractivity contribution < 1.29 is 23.5 Å². The van der Waals surface area contributed by atoms with Crippen LogP contribution in [0.5, 0.6) is 0 Å². The molecule has 1 aliphatic carbocycles. The zero-order valence-corrected chi connectivity index (χ0v) is 21.6. The van der Waals surface area contributed by atoms with Crippen molar-refractivity contribution in [3.8, 4) is 0 Å². The van der Waals surface area contributed by atoms with E-state index in [-0.39, 0.29) is 16.9 Å². The van der Waals surface area contributed by atoms with Gasteiger partial charge in [0.1, 0.15) is 10.8 Å². The molecule has 6 nitrogen and oxygen atoms in total. The van der Waals surface area contributed by atoms with Gasteiger partial charge in [0.05, 0.1) is 18.2 Å². The first-order chi connectivity index (χ1) is 17.1. The quantitative estimate of drug-likeness (QED) is 0.395. The summed E-state index contributed by atoms with van der Waals surface area (Å²) in [5, 5.41) is 6.19. The predicted octanol–water partition coefficient (Wildman–Crippen LogP) is 6.33. The van der Waals surface area contributed by atoms with Crippen molar-refractivity contribution in [1.29, 1.82) is 0 Å². The van der Waals surface area contributed by atoms with Gasteiger partial charge < -0.3 is 15.4 Å². The minimum Gasteiger partial charge on any atom is -0.465 e. The van der Waals surface area contributed by atoms with E-state index in [2.05, 4.69) is 31.4 Å². The molecule has 188 valence electrons. The van der Waals surface area contributed by atoms with Crippen molar-refractivity contribution in [3.63, 3.8) is 0 Å². The monoisotopic (exact) mass is 508 g/mol. The van der Waals surface area contributed by atoms with E-state index in [4.69, 9.17) is 4.74 Å². The van der Waals surface area contributed by atoms with Gasteiger partial charge in [-0.3, -0.25) is 9.59 Å². The number of rotatable bonds is 5. The molecule has 2 aromatic carbocycles. The Hall–Kier alpha value is -3.52. The van der Waals surface area contributed by atoms with Crippen molar-refractivity contribution >= 4 is 39.8 Å². The molecule has 1 aliphatic rings. The highest BCUT2D eigenvalue weighted by atomic mass is 32.1. The lowest BCUT2D eigenvalue weighted by Gasteiger charge is -2.33. The summed E-state index contributed by atoms with van der Waals surface area (Å²) in [7, 11) is 1.31. The van der Waals surface area contributed by atoms with E-state index in [0.717, 1.165) is 29.7 Å². The Morgan fingerprint density at radius 2 is 1.72 bits per heavy atom. The Balaban J connectivity index is 1.65. The van der Waals surface area contributed by atoms with E-state index in [9.17, 15) is 18.8 Å². The van der Waals surface area contributed by atoms with Crippen LogP contribution < -0.4 is 10.6 Å². The second kappa shape index (κ2) is 10.2. The largest absolute Gasteiger partial charge is 0.465 e. The molecular formula is C28H29FN2O4S. The zero-order valence-electron chi connectivity index (χ0n) is 20.7. The molecule has 0 radical (unpaired) electrons. The van der Waals surface area contributed by atoms with Gasteiger partial charge in [-0.25, -0.2) is 9.18 Å². The molecule has 1 aromatic heterocycles. The number of halogens is 1. The molecule has 36 heavy (non-hydrogen) atoms. The maximum absolute atomic E-state index is 13.7. The second-order valence-electron chi connectivity index (χ2n) is 10.0. The number of amides is 2. The highest BCUT2D eigenvalue weighted by molar-refractivity contribution is 7.17. The predicted molar refractivity (Wildman–Crippen MR) is 139 cm³/mol. The molecular weight excluding hydrogens is 479 g/mol. The van der Waals surface area contributed by atoms with Crippen molar-refractivity contribution in [2.45, 2.75) is 40.0 Å². The van der Waals surface area contributed by atoms with Crippen LogP contribution in [0.15, 0.2) is 48.5 Å². The van der Waals surface area contributed by atoms with E-state index in [1.807, 2.05) is 0 Å². The lowest BCUT2D eigenvalue weighted by molar-refractivity contribution is 0.0600. The number of ether oxygens (including phenoxy) is 1. The van der Waals surface area contributed by atoms with E-state index in [1.165, 1.54) is 42.7 Å². The minimum absolute atomic E-state index is 0.121. The fraction of sp³-hybridized carbons (Fsp3) is 0.321. The lowest BCUT2D eigenvalue weighted by atomic mass is 9.72. The summed E-state index contributed by atoms with van der Waals surface area (Å²) in [6, 6.07) is 11.9. The summed E-state index contributed by atoms with van der Waals surface area (Å²) in [5.41, 5.74) is 2.57. The van der Waals surface area contributed by atoms with Crippen LogP contribution in [0.25, 0.3) is 0 Å². The van der Waals surface area contributed by atoms with Gasteiger partial charge in [-0.05, 0) is 78.6 Å². The number of thiophene rings is 1. The molecule has 1 atom stereocenters. The summed E-state index contributed by atoms with van der Waals surface area (Å²) in [4.78, 5) is 39.2. The van der Waals surface area contributed by atoms with Crippen molar-refractivity contribution in [2.24, 2.45) is 11.3 Å². The summed E-state index contributed by atoms with van der Waals surface area (Å²) in [6.45, 7) is 6.65. The van der Waals surface area contributed by atoms with Gasteiger partial charge in [0.15, 0.2) is 0 Å². The summed E-state index contributed by atoms with van der Waals surface area (Å²) in [6.07, 6.45) is 2.50. The van der Waals surface area contributed by atoms with Gasteiger partial charge in [-0.1, -0.05) is 26.8 Å². The molecule has 1 heterocycles. The Kier molecular flexibility index (Phi) is 7.26. The third-order valence-electron chi connectivity index (χ3n) is 6.59. The Morgan fingerprint density at radius 3 is 2.36 bits per heavy atom. The number of esters is 1. The Labute approximate surface area is 213 Å². The fourth-order valence-corrected chi connectivity index (χ4v) is 5.78. The third-order valence-corrected chi connectivity index (χ3v) is 7.76. The van der Waals surface area contributed by atoms with Crippen molar-refractivity contribution in [2.75, 3.05) is 17.7 Å². The maximum Gasteiger partial charge on any atom is 0.337 e. The van der Waals surface area contributed by atoms with Crippen LogP contribution in [0.1, 0.15) is 68.7 Å². The number of anilines is 2. The smallest absolute Gasteiger partial charge is 0.337 e. The maximum atomic E-state index is 13.7. The fourth-order valence-electron chi connectivity index (χ4n) is 4.46. The van der Waals surface area contributed by atoms with E-state index in [0.29, 0.717) is 27.7 Å². The zero-order chi connectivity index (χ0) is 26.0. The first kappa shape index (κ1) is 25.6. The Bertz CT molecular complexity index is 1310. The number of fused-ring (bicyclic) bond motifs is 1. The standard InChI is InChI=1S/C28H29FN2O4S/c1-28(2,3)18-10-13-21-22(15-18)36-26(31-24(32)17-6-5-7-19(29)14-17)23(21)25(33)30-20-11-8-16(9-12-20)27(34)35-4/h5-9,11-12,14,18H,10,13,15H2,1-4H3,(H,30,33)(H,31,32)/t18-/m1/s1. The van der Waals surface area contributed by atoms with Gasteiger partial charge in [0, 0.05) is 16.1 Å². The van der Waals surface area contributed by atoms with Crippen molar-refractivity contribution in [1.82, 2.24) is 0 Å². The molecule has 2 amide bonds. The van der Waals surface area contributed by atoms with Crippen LogP contribution in [0.2, 0.25) is 0 Å². The number of methoxy groups -OCH3 is 1. The SMILES string of the molecule is COC(=O)c1ccc(NC(=O)c2c(NC(=O)c3cccc(F)c3)sc3c2CC[C@@H](C(C)(C)C)C3)cc1. The Morgan fingerprint density at radius 1 is 1.00 bits per heavy atom. The van der Waals surface area contributed by atoms with Crippen LogP contribution in [-0.2, 0) is 17.6 Å². The van der Waals surface area contributed by atoms with Crippen LogP contribution in [0.4, 0.5) is 15.1 Å². The number of benzene rings is 2. The molecule has 0 fully saturated rings. The van der Waals surface area contributed by atoms with E-state index in [1.54, 1.807) is 24.3 Å². The highest BCUT2D eigenvalue weighted by Crippen LogP contribution is 2.44. The molecule has 0 bridgehead atoms. The van der Waals surface area contributed by atoms with Crippen LogP contribution in [0.3, 0.4) is 0 Å². The molecule has 0 saturated heterocycles. The lowest BCUT2D eigenvalue weighted by Crippen LogP contribution is -2.27. The molecule has 8 heteroatoms. The molecule has 4 rings (SSSR count). The average molecular weight is 509 g/mol. The molecule has 0 spiro atoms. The topological polar surface area (TPSA) is 84.5 Å². The first-order valence-electron chi connectivity index (χ1n) is 11.8. The van der Waals surface area contributed by atoms with Gasteiger partial charge in [-0.2, -0.15) is 0 Å².